The molecule has 2 fully saturated rings. The average Bonchev–Trinajstić information content (AvgIpc) is 2.73. The van der Waals surface area contributed by atoms with Crippen LogP contribution in [0, 0.1) is 5.41 Å². The van der Waals surface area contributed by atoms with E-state index in [1.807, 2.05) is 18.2 Å². The normalized spacial score (nSPS) is 26.6. The smallest absolute Gasteiger partial charge is 0.290 e. The molecule has 0 bridgehead atoms. The van der Waals surface area contributed by atoms with Gasteiger partial charge >= 0.3 is 0 Å². The Hall–Kier alpha value is -2.94. The Morgan fingerprint density at radius 1 is 1.21 bits per heavy atom. The summed E-state index contributed by atoms with van der Waals surface area (Å²) in [6.07, 6.45) is 0.857. The first-order chi connectivity index (χ1) is 13.9. The van der Waals surface area contributed by atoms with Crippen molar-refractivity contribution in [2.24, 2.45) is 10.4 Å². The average molecular weight is 399 g/mol. The fourth-order valence-electron chi connectivity index (χ4n) is 4.23. The lowest BCUT2D eigenvalue weighted by Gasteiger charge is -2.44. The molecule has 9 nitrogen and oxygen atoms in total. The highest BCUT2D eigenvalue weighted by molar-refractivity contribution is 6.39. The summed E-state index contributed by atoms with van der Waals surface area (Å²) in [5.74, 6) is -0.461. The van der Waals surface area contributed by atoms with Crippen molar-refractivity contribution in [2.75, 3.05) is 24.6 Å². The number of anilines is 1. The van der Waals surface area contributed by atoms with Crippen molar-refractivity contribution in [3.63, 3.8) is 0 Å². The predicted molar refractivity (Wildman–Crippen MR) is 106 cm³/mol. The van der Waals surface area contributed by atoms with Crippen LogP contribution in [0.1, 0.15) is 26.2 Å². The summed E-state index contributed by atoms with van der Waals surface area (Å²) in [5.41, 5.74) is 2.88. The Labute approximate surface area is 168 Å². The third-order valence-electron chi connectivity index (χ3n) is 5.95. The Balaban J connectivity index is 1.46. The van der Waals surface area contributed by atoms with E-state index in [-0.39, 0.29) is 30.1 Å². The fourth-order valence-corrected chi connectivity index (χ4v) is 4.23. The number of amides is 3. The summed E-state index contributed by atoms with van der Waals surface area (Å²) in [6, 6.07) is 8.37. The van der Waals surface area contributed by atoms with Crippen LogP contribution < -0.4 is 15.8 Å². The van der Waals surface area contributed by atoms with E-state index in [0.29, 0.717) is 38.0 Å². The van der Waals surface area contributed by atoms with Gasteiger partial charge in [0.2, 0.25) is 11.7 Å². The van der Waals surface area contributed by atoms with E-state index >= 15 is 0 Å². The van der Waals surface area contributed by atoms with Crippen molar-refractivity contribution in [3.05, 3.63) is 30.3 Å². The minimum atomic E-state index is -0.675. The zero-order valence-electron chi connectivity index (χ0n) is 16.3. The first-order valence-electron chi connectivity index (χ1n) is 9.89. The van der Waals surface area contributed by atoms with Crippen molar-refractivity contribution in [3.8, 4) is 0 Å². The maximum Gasteiger partial charge on any atom is 0.290 e. The van der Waals surface area contributed by atoms with Gasteiger partial charge in [0, 0.05) is 19.6 Å². The molecule has 3 N–H and O–H groups in total. The van der Waals surface area contributed by atoms with E-state index in [1.165, 1.54) is 5.01 Å². The van der Waals surface area contributed by atoms with Crippen molar-refractivity contribution in [1.82, 2.24) is 15.6 Å². The third-order valence-corrected chi connectivity index (χ3v) is 5.95. The molecule has 1 aromatic carbocycles. The van der Waals surface area contributed by atoms with Gasteiger partial charge in [-0.15, -0.1) is 0 Å². The highest BCUT2D eigenvalue weighted by atomic mass is 16.3. The number of benzene rings is 1. The van der Waals surface area contributed by atoms with Crippen LogP contribution in [0.15, 0.2) is 35.3 Å². The summed E-state index contributed by atoms with van der Waals surface area (Å²) in [6.45, 7) is 2.73. The molecular weight excluding hydrogens is 374 g/mol. The van der Waals surface area contributed by atoms with Gasteiger partial charge in [-0.25, -0.2) is 10.0 Å². The van der Waals surface area contributed by atoms with Gasteiger partial charge in [0.15, 0.2) is 0 Å². The topological polar surface area (TPSA) is 114 Å². The van der Waals surface area contributed by atoms with Crippen LogP contribution in [0.4, 0.5) is 5.69 Å². The monoisotopic (exact) mass is 399 g/mol. The second kappa shape index (κ2) is 7.47. The highest BCUT2D eigenvalue weighted by Crippen LogP contribution is 2.38. The molecule has 2 saturated heterocycles. The molecule has 9 heteroatoms. The summed E-state index contributed by atoms with van der Waals surface area (Å²) < 4.78 is 0. The van der Waals surface area contributed by atoms with Gasteiger partial charge in [0.25, 0.3) is 11.8 Å². The second-order valence-electron chi connectivity index (χ2n) is 7.92. The molecule has 3 aliphatic heterocycles. The van der Waals surface area contributed by atoms with Gasteiger partial charge in [-0.05, 0) is 38.3 Å². The molecule has 3 heterocycles. The molecule has 3 amide bonds. The van der Waals surface area contributed by atoms with Gasteiger partial charge in [-0.3, -0.25) is 19.8 Å². The Bertz CT molecular complexity index is 848. The molecule has 0 saturated carbocycles. The zero-order valence-corrected chi connectivity index (χ0v) is 16.3. The van der Waals surface area contributed by atoms with Gasteiger partial charge < -0.3 is 15.3 Å². The Kier molecular flexibility index (Phi) is 4.99. The number of hydrazine groups is 1. The van der Waals surface area contributed by atoms with Crippen LogP contribution in [-0.4, -0.2) is 65.3 Å². The minimum Gasteiger partial charge on any atom is -0.391 e. The van der Waals surface area contributed by atoms with E-state index < -0.39 is 17.6 Å². The van der Waals surface area contributed by atoms with E-state index in [4.69, 9.17) is 0 Å². The maximum atomic E-state index is 13.0. The van der Waals surface area contributed by atoms with Crippen LogP contribution in [0.3, 0.4) is 0 Å². The molecule has 2 unspecified atom stereocenters. The number of nitrogens with one attached hydrogen (secondary N) is 2. The molecule has 1 aromatic rings. The number of piperidine rings is 2. The lowest BCUT2D eigenvalue weighted by molar-refractivity contribution is -0.143. The lowest BCUT2D eigenvalue weighted by atomic mass is 9.71. The Morgan fingerprint density at radius 3 is 2.59 bits per heavy atom. The molecular formula is C20H25N5O4. The van der Waals surface area contributed by atoms with Crippen LogP contribution in [0.2, 0.25) is 0 Å². The second-order valence-corrected chi connectivity index (χ2v) is 7.92. The first kappa shape index (κ1) is 19.4. The number of β-amino-alcohol motifs (C(OH)–C–C–N with tert-alkyl or cyclic N) is 1. The number of hydrogen-bond donors (Lipinski definition) is 3. The van der Waals surface area contributed by atoms with E-state index in [2.05, 4.69) is 15.7 Å². The number of amidine groups is 1. The van der Waals surface area contributed by atoms with E-state index in [9.17, 15) is 19.5 Å². The first-order valence-corrected chi connectivity index (χ1v) is 9.89. The molecule has 0 radical (unpaired) electrons. The number of aliphatic hydroxyl groups is 1. The predicted octanol–water partition coefficient (Wildman–Crippen LogP) is -0.186. The number of carbonyl (C=O) groups excluding carboxylic acids is 3. The highest BCUT2D eigenvalue weighted by Gasteiger charge is 2.46. The summed E-state index contributed by atoms with van der Waals surface area (Å²) in [5, 5.41) is 14.1. The van der Waals surface area contributed by atoms with Crippen molar-refractivity contribution >= 4 is 29.2 Å². The van der Waals surface area contributed by atoms with Gasteiger partial charge in [0.1, 0.15) is 6.04 Å². The summed E-state index contributed by atoms with van der Waals surface area (Å²) in [4.78, 5) is 43.8. The zero-order chi connectivity index (χ0) is 20.6. The molecule has 2 atom stereocenters. The number of carbonyl (C=O) groups is 3. The molecule has 4 rings (SSSR count). The van der Waals surface area contributed by atoms with Gasteiger partial charge in [0.05, 0.1) is 17.2 Å². The number of para-hydroxylation sites is 1. The molecule has 0 aliphatic carbocycles. The van der Waals surface area contributed by atoms with E-state index in [0.717, 1.165) is 0 Å². The van der Waals surface area contributed by atoms with Crippen LogP contribution in [-0.2, 0) is 14.4 Å². The molecule has 29 heavy (non-hydrogen) atoms. The van der Waals surface area contributed by atoms with Gasteiger partial charge in [-0.2, -0.15) is 0 Å². The third kappa shape index (κ3) is 3.57. The lowest BCUT2D eigenvalue weighted by Crippen LogP contribution is -2.61. The van der Waals surface area contributed by atoms with Crippen molar-refractivity contribution < 1.29 is 19.5 Å². The number of likely N-dealkylation sites (tertiary alicyclic amines) is 1. The molecule has 0 aromatic heterocycles. The van der Waals surface area contributed by atoms with Crippen molar-refractivity contribution in [2.45, 2.75) is 38.3 Å². The fraction of sp³-hybridized carbons (Fsp3) is 0.500. The summed E-state index contributed by atoms with van der Waals surface area (Å²) >= 11 is 0. The number of rotatable bonds is 2. The van der Waals surface area contributed by atoms with Crippen molar-refractivity contribution in [1.29, 1.82) is 0 Å². The number of aliphatic hydroxyl groups excluding tert-OH is 1. The largest absolute Gasteiger partial charge is 0.391 e. The van der Waals surface area contributed by atoms with Crippen LogP contribution in [0.25, 0.3) is 0 Å². The number of hydrogen-bond acceptors (Lipinski definition) is 6. The quantitative estimate of drug-likeness (QED) is 0.638. The Morgan fingerprint density at radius 2 is 1.90 bits per heavy atom. The summed E-state index contributed by atoms with van der Waals surface area (Å²) in [7, 11) is 0. The number of aliphatic imine (C=N–C) groups is 1. The number of nitrogens with zero attached hydrogens (tertiary/aromatic N) is 3. The maximum absolute atomic E-state index is 13.0. The van der Waals surface area contributed by atoms with Crippen LogP contribution in [0.5, 0.6) is 0 Å². The molecule has 3 aliphatic rings. The standard InChI is InChI=1S/C20H25N5O4/c1-13-17(27)25(14-5-3-2-4-6-14)23-16(22-13)18(28)24-9-7-20(8-10-24)11-15(26)12-21-19(20)29/h2-6,13,15,26H,7-12H2,1H3,(H,21,29)(H,22,23). The molecule has 1 spiro atoms. The van der Waals surface area contributed by atoms with Crippen LogP contribution >= 0.6 is 0 Å². The SMILES string of the molecule is CC1N=C(C(=O)N2CCC3(CC2)CC(O)CNC3=O)NN(c2ccccc2)C1=O. The molecule has 154 valence electrons. The van der Waals surface area contributed by atoms with Gasteiger partial charge in [-0.1, -0.05) is 18.2 Å². The minimum absolute atomic E-state index is 0.0440. The van der Waals surface area contributed by atoms with E-state index in [1.54, 1.807) is 24.0 Å².